The topological polar surface area (TPSA) is 81.8 Å². The van der Waals surface area contributed by atoms with Crippen molar-refractivity contribution in [2.45, 2.75) is 49.9 Å². The minimum atomic E-state index is -0.0422. The molecule has 3 atom stereocenters. The van der Waals surface area contributed by atoms with E-state index in [2.05, 4.69) is 15.5 Å². The van der Waals surface area contributed by atoms with Gasteiger partial charge in [0, 0.05) is 54.9 Å². The lowest BCUT2D eigenvalue weighted by molar-refractivity contribution is -0.131. The second kappa shape index (κ2) is 9.29. The Morgan fingerprint density at radius 1 is 1.07 bits per heavy atom. The van der Waals surface area contributed by atoms with Crippen molar-refractivity contribution in [3.05, 3.63) is 29.8 Å². The summed E-state index contributed by atoms with van der Waals surface area (Å²) in [5.74, 6) is 1.30. The molecule has 2 N–H and O–H groups in total. The van der Waals surface area contributed by atoms with Crippen LogP contribution in [-0.2, 0) is 4.79 Å². The maximum Gasteiger partial charge on any atom is 0.315 e. The van der Waals surface area contributed by atoms with E-state index in [9.17, 15) is 14.4 Å². The van der Waals surface area contributed by atoms with Crippen LogP contribution in [0.1, 0.15) is 43.0 Å². The summed E-state index contributed by atoms with van der Waals surface area (Å²) in [6.07, 6.45) is 3.57. The number of nitrogens with one attached hydrogen (secondary N) is 2. The molecule has 0 spiro atoms. The minimum Gasteiger partial charge on any atom is -0.368 e. The van der Waals surface area contributed by atoms with Crippen molar-refractivity contribution in [3.8, 4) is 0 Å². The average molecular weight is 431 g/mol. The normalized spacial score (nSPS) is 25.6. The third-order valence-electron chi connectivity index (χ3n) is 6.34. The Labute approximate surface area is 181 Å². The lowest BCUT2D eigenvalue weighted by Gasteiger charge is -2.36. The number of ketones is 1. The van der Waals surface area contributed by atoms with Crippen molar-refractivity contribution >= 4 is 35.2 Å². The number of rotatable bonds is 7. The number of hydrogen-bond acceptors (Lipinski definition) is 5. The fraction of sp³-hybridized carbons (Fsp3) is 0.591. The fourth-order valence-electron chi connectivity index (χ4n) is 4.54. The first-order valence-corrected chi connectivity index (χ1v) is 11.9. The summed E-state index contributed by atoms with van der Waals surface area (Å²) in [7, 11) is 0. The van der Waals surface area contributed by atoms with Gasteiger partial charge in [0.15, 0.2) is 5.78 Å². The van der Waals surface area contributed by atoms with Crippen LogP contribution in [0.3, 0.4) is 0 Å². The van der Waals surface area contributed by atoms with Gasteiger partial charge in [-0.3, -0.25) is 9.59 Å². The van der Waals surface area contributed by atoms with E-state index in [-0.39, 0.29) is 29.8 Å². The number of urea groups is 1. The Balaban J connectivity index is 1.15. The number of amides is 3. The van der Waals surface area contributed by atoms with Crippen LogP contribution in [-0.4, -0.2) is 71.9 Å². The average Bonchev–Trinajstić information content (AvgIpc) is 3.30. The molecule has 0 aromatic heterocycles. The highest BCUT2D eigenvalue weighted by Crippen LogP contribution is 2.33. The first-order valence-electron chi connectivity index (χ1n) is 10.8. The first kappa shape index (κ1) is 21.0. The Morgan fingerprint density at radius 2 is 1.80 bits per heavy atom. The molecule has 0 unspecified atom stereocenters. The molecule has 3 heterocycles. The number of piperazine rings is 1. The summed E-state index contributed by atoms with van der Waals surface area (Å²) in [5, 5.41) is 6.46. The highest BCUT2D eigenvalue weighted by Gasteiger charge is 2.42. The zero-order chi connectivity index (χ0) is 21.1. The van der Waals surface area contributed by atoms with E-state index in [1.165, 1.54) is 0 Å². The zero-order valence-corrected chi connectivity index (χ0v) is 18.2. The summed E-state index contributed by atoms with van der Waals surface area (Å²) < 4.78 is 0. The number of benzene rings is 1. The van der Waals surface area contributed by atoms with E-state index in [1.807, 2.05) is 40.9 Å². The molecule has 0 radical (unpaired) electrons. The fourth-order valence-corrected chi connectivity index (χ4v) is 6.09. The van der Waals surface area contributed by atoms with Gasteiger partial charge in [0.1, 0.15) is 0 Å². The van der Waals surface area contributed by atoms with E-state index < -0.39 is 0 Å². The quantitative estimate of drug-likeness (QED) is 0.394. The molecule has 7 nitrogen and oxygen atoms in total. The van der Waals surface area contributed by atoms with Gasteiger partial charge in [-0.1, -0.05) is 6.42 Å². The van der Waals surface area contributed by atoms with E-state index in [0.717, 1.165) is 62.4 Å². The van der Waals surface area contributed by atoms with Crippen molar-refractivity contribution < 1.29 is 14.4 Å². The van der Waals surface area contributed by atoms with Gasteiger partial charge in [0.25, 0.3) is 0 Å². The van der Waals surface area contributed by atoms with E-state index in [0.29, 0.717) is 11.7 Å². The first-order chi connectivity index (χ1) is 14.5. The number of carbonyl (C=O) groups excluding carboxylic acids is 3. The summed E-state index contributed by atoms with van der Waals surface area (Å²) in [5.41, 5.74) is 1.83. The van der Waals surface area contributed by atoms with Gasteiger partial charge in [-0.15, -0.1) is 0 Å². The number of anilines is 1. The molecule has 3 fully saturated rings. The molecule has 3 amide bonds. The Bertz CT molecular complexity index is 792. The predicted molar refractivity (Wildman–Crippen MR) is 119 cm³/mol. The summed E-state index contributed by atoms with van der Waals surface area (Å²) in [6, 6.07) is 8.18. The molecule has 4 rings (SSSR count). The lowest BCUT2D eigenvalue weighted by Crippen LogP contribution is -2.48. The lowest BCUT2D eigenvalue weighted by atomic mass is 10.0. The third kappa shape index (κ3) is 4.74. The van der Waals surface area contributed by atoms with Crippen molar-refractivity contribution in [1.82, 2.24) is 15.5 Å². The number of fused-ring (bicyclic) bond motifs is 1. The predicted octanol–water partition coefficient (Wildman–Crippen LogP) is 2.26. The maximum absolute atomic E-state index is 12.6. The Kier molecular flexibility index (Phi) is 6.51. The molecule has 162 valence electrons. The van der Waals surface area contributed by atoms with Crippen LogP contribution in [0, 0.1) is 0 Å². The van der Waals surface area contributed by atoms with E-state index >= 15 is 0 Å². The van der Waals surface area contributed by atoms with Gasteiger partial charge in [-0.25, -0.2) is 4.79 Å². The van der Waals surface area contributed by atoms with Crippen LogP contribution in [0.15, 0.2) is 24.3 Å². The van der Waals surface area contributed by atoms with Gasteiger partial charge in [0.05, 0.1) is 12.1 Å². The molecule has 0 saturated carbocycles. The third-order valence-corrected chi connectivity index (χ3v) is 7.85. The number of carbonyl (C=O) groups is 3. The molecular formula is C22H30N4O3S. The molecule has 0 bridgehead atoms. The van der Waals surface area contributed by atoms with Gasteiger partial charge >= 0.3 is 6.03 Å². The molecule has 0 aliphatic carbocycles. The second-order valence-corrected chi connectivity index (χ2v) is 9.61. The number of Topliss-reactive ketones (excluding diaryl/α,β-unsaturated/α-hetero) is 1. The highest BCUT2D eigenvalue weighted by molar-refractivity contribution is 8.00. The van der Waals surface area contributed by atoms with Crippen LogP contribution in [0.4, 0.5) is 10.5 Å². The van der Waals surface area contributed by atoms with Crippen LogP contribution < -0.4 is 15.5 Å². The Morgan fingerprint density at radius 3 is 2.50 bits per heavy atom. The highest BCUT2D eigenvalue weighted by atomic mass is 32.2. The molecule has 1 aromatic rings. The molecule has 30 heavy (non-hydrogen) atoms. The van der Waals surface area contributed by atoms with Crippen LogP contribution >= 0.6 is 11.8 Å². The van der Waals surface area contributed by atoms with Crippen LogP contribution in [0.2, 0.25) is 0 Å². The summed E-state index contributed by atoms with van der Waals surface area (Å²) in [6.45, 7) is 4.70. The minimum absolute atomic E-state index is 0.0422. The van der Waals surface area contributed by atoms with Gasteiger partial charge in [-0.2, -0.15) is 11.8 Å². The second-order valence-electron chi connectivity index (χ2n) is 8.34. The van der Waals surface area contributed by atoms with Crippen molar-refractivity contribution in [1.29, 1.82) is 0 Å². The van der Waals surface area contributed by atoms with Crippen molar-refractivity contribution in [3.63, 3.8) is 0 Å². The Hall–Kier alpha value is -2.22. The van der Waals surface area contributed by atoms with Crippen LogP contribution in [0.25, 0.3) is 0 Å². The zero-order valence-electron chi connectivity index (χ0n) is 17.4. The van der Waals surface area contributed by atoms with Gasteiger partial charge in [-0.05, 0) is 44.0 Å². The van der Waals surface area contributed by atoms with Crippen molar-refractivity contribution in [2.24, 2.45) is 0 Å². The maximum atomic E-state index is 12.6. The monoisotopic (exact) mass is 430 g/mol. The number of hydrogen-bond donors (Lipinski definition) is 2. The van der Waals surface area contributed by atoms with E-state index in [4.69, 9.17) is 0 Å². The largest absolute Gasteiger partial charge is 0.368 e. The summed E-state index contributed by atoms with van der Waals surface area (Å²) >= 11 is 1.93. The number of unbranched alkanes of at least 4 members (excludes halogenated alkanes) is 1. The number of thioether (sulfide) groups is 1. The molecular weight excluding hydrogens is 400 g/mol. The summed E-state index contributed by atoms with van der Waals surface area (Å²) in [4.78, 5) is 39.7. The van der Waals surface area contributed by atoms with Crippen molar-refractivity contribution in [2.75, 3.05) is 36.8 Å². The van der Waals surface area contributed by atoms with Gasteiger partial charge < -0.3 is 20.4 Å². The molecule has 3 aliphatic heterocycles. The number of nitrogens with zero attached hydrogens (tertiary/aromatic N) is 2. The van der Waals surface area contributed by atoms with E-state index in [1.54, 1.807) is 6.92 Å². The van der Waals surface area contributed by atoms with Gasteiger partial charge in [0.2, 0.25) is 5.91 Å². The molecule has 8 heteroatoms. The van der Waals surface area contributed by atoms with Crippen LogP contribution in [0.5, 0.6) is 0 Å². The molecule has 3 saturated heterocycles. The standard InChI is InChI=1S/C22H30N4O3S/c1-15(27)16-6-8-17(9-7-16)25-10-12-26(13-11-25)20(28)5-3-2-4-19-21-18(14-30-19)23-22(29)24-21/h6-9,18-19,21H,2-5,10-14H2,1H3,(H2,23,24,29)/t18-,19+,21+/m1/s1. The SMILES string of the molecule is CC(=O)c1ccc(N2CCN(C(=O)CCCC[C@@H]3SC[C@H]4NC(=O)N[C@H]34)CC2)cc1. The molecule has 3 aliphatic rings. The smallest absolute Gasteiger partial charge is 0.315 e. The molecule has 1 aromatic carbocycles.